The summed E-state index contributed by atoms with van der Waals surface area (Å²) in [6, 6.07) is 9.76. The van der Waals surface area contributed by atoms with Crippen LogP contribution in [0.5, 0.6) is 0 Å². The lowest BCUT2D eigenvalue weighted by Crippen LogP contribution is -2.33. The lowest BCUT2D eigenvalue weighted by atomic mass is 9.90. The van der Waals surface area contributed by atoms with Crippen molar-refractivity contribution in [1.29, 1.82) is 0 Å². The first-order chi connectivity index (χ1) is 8.55. The highest BCUT2D eigenvalue weighted by atomic mass is 16.5. The molecule has 4 heteroatoms. The van der Waals surface area contributed by atoms with Gasteiger partial charge in [-0.05, 0) is 12.5 Å². The van der Waals surface area contributed by atoms with E-state index >= 15 is 0 Å². The van der Waals surface area contributed by atoms with Crippen LogP contribution in [0, 0.1) is 5.41 Å². The Balaban J connectivity index is 2.08. The van der Waals surface area contributed by atoms with Crippen molar-refractivity contribution in [2.24, 2.45) is 5.41 Å². The Kier molecular flexibility index (Phi) is 3.36. The van der Waals surface area contributed by atoms with Gasteiger partial charge in [-0.1, -0.05) is 30.3 Å². The smallest absolute Gasteiger partial charge is 0.313 e. The molecule has 96 valence electrons. The van der Waals surface area contributed by atoms with Gasteiger partial charge < -0.3 is 9.64 Å². The number of esters is 1. The highest BCUT2D eigenvalue weighted by Gasteiger charge is 2.45. The second kappa shape index (κ2) is 4.80. The normalized spacial score (nSPS) is 23.2. The van der Waals surface area contributed by atoms with Crippen LogP contribution in [-0.2, 0) is 20.9 Å². The molecule has 1 aromatic rings. The maximum absolute atomic E-state index is 11.9. The molecule has 1 aliphatic rings. The van der Waals surface area contributed by atoms with Crippen molar-refractivity contribution in [2.45, 2.75) is 19.9 Å². The van der Waals surface area contributed by atoms with E-state index in [9.17, 15) is 9.59 Å². The number of carbonyl (C=O) groups is 2. The molecule has 1 aromatic carbocycles. The summed E-state index contributed by atoms with van der Waals surface area (Å²) in [7, 11) is 1.36. The fourth-order valence-corrected chi connectivity index (χ4v) is 2.34. The summed E-state index contributed by atoms with van der Waals surface area (Å²) in [5.74, 6) is -0.307. The van der Waals surface area contributed by atoms with Gasteiger partial charge in [-0.15, -0.1) is 0 Å². The summed E-state index contributed by atoms with van der Waals surface area (Å²) in [6.07, 6.45) is 0.229. The minimum atomic E-state index is -0.708. The van der Waals surface area contributed by atoms with Crippen molar-refractivity contribution in [1.82, 2.24) is 4.90 Å². The van der Waals surface area contributed by atoms with Gasteiger partial charge >= 0.3 is 5.97 Å². The van der Waals surface area contributed by atoms with Crippen LogP contribution in [0.15, 0.2) is 30.3 Å². The molecule has 18 heavy (non-hydrogen) atoms. The molecule has 1 unspecified atom stereocenters. The number of methoxy groups -OCH3 is 1. The summed E-state index contributed by atoms with van der Waals surface area (Å²) in [5.41, 5.74) is 0.362. The fourth-order valence-electron chi connectivity index (χ4n) is 2.34. The Hall–Kier alpha value is -1.84. The van der Waals surface area contributed by atoms with Gasteiger partial charge in [0.15, 0.2) is 0 Å². The quantitative estimate of drug-likeness (QED) is 0.762. The van der Waals surface area contributed by atoms with E-state index in [-0.39, 0.29) is 18.3 Å². The third kappa shape index (κ3) is 2.37. The maximum atomic E-state index is 11.9. The predicted octanol–water partition coefficient (Wildman–Crippen LogP) is 1.60. The molecule has 0 aromatic heterocycles. The van der Waals surface area contributed by atoms with Gasteiger partial charge in [-0.2, -0.15) is 0 Å². The molecule has 1 atom stereocenters. The molecule has 2 rings (SSSR count). The summed E-state index contributed by atoms with van der Waals surface area (Å²) < 4.78 is 4.77. The lowest BCUT2D eigenvalue weighted by molar-refractivity contribution is -0.151. The van der Waals surface area contributed by atoms with Crippen LogP contribution in [-0.4, -0.2) is 30.4 Å². The van der Waals surface area contributed by atoms with Crippen LogP contribution < -0.4 is 0 Å². The highest BCUT2D eigenvalue weighted by molar-refractivity contribution is 5.89. The Morgan fingerprint density at radius 3 is 2.67 bits per heavy atom. The highest BCUT2D eigenvalue weighted by Crippen LogP contribution is 2.32. The van der Waals surface area contributed by atoms with Crippen LogP contribution >= 0.6 is 0 Å². The zero-order valence-electron chi connectivity index (χ0n) is 10.7. The van der Waals surface area contributed by atoms with Crippen molar-refractivity contribution in [3.63, 3.8) is 0 Å². The van der Waals surface area contributed by atoms with E-state index in [1.807, 2.05) is 30.3 Å². The van der Waals surface area contributed by atoms with Crippen molar-refractivity contribution >= 4 is 11.9 Å². The van der Waals surface area contributed by atoms with E-state index in [0.717, 1.165) is 5.56 Å². The van der Waals surface area contributed by atoms with Gasteiger partial charge in [-0.25, -0.2) is 0 Å². The molecule has 0 spiro atoms. The largest absolute Gasteiger partial charge is 0.469 e. The number of benzene rings is 1. The molecule has 0 saturated carbocycles. The van der Waals surface area contributed by atoms with Crippen LogP contribution in [0.4, 0.5) is 0 Å². The number of rotatable bonds is 3. The Labute approximate surface area is 107 Å². The van der Waals surface area contributed by atoms with E-state index in [1.165, 1.54) is 7.11 Å². The average Bonchev–Trinajstić information content (AvgIpc) is 2.66. The summed E-state index contributed by atoms with van der Waals surface area (Å²) >= 11 is 0. The van der Waals surface area contributed by atoms with Gasteiger partial charge in [0.05, 0.1) is 12.5 Å². The third-order valence-corrected chi connectivity index (χ3v) is 3.33. The Morgan fingerprint density at radius 2 is 2.06 bits per heavy atom. The molecule has 1 heterocycles. The molecule has 0 radical (unpaired) electrons. The molecule has 1 aliphatic heterocycles. The molecule has 1 amide bonds. The predicted molar refractivity (Wildman–Crippen MR) is 66.6 cm³/mol. The molecular weight excluding hydrogens is 230 g/mol. The first-order valence-electron chi connectivity index (χ1n) is 5.95. The molecule has 1 saturated heterocycles. The van der Waals surface area contributed by atoms with Crippen LogP contribution in [0.3, 0.4) is 0 Å². The van der Waals surface area contributed by atoms with Crippen LogP contribution in [0.2, 0.25) is 0 Å². The van der Waals surface area contributed by atoms with E-state index in [2.05, 4.69) is 0 Å². The van der Waals surface area contributed by atoms with E-state index in [1.54, 1.807) is 11.8 Å². The van der Waals surface area contributed by atoms with Gasteiger partial charge in [-0.3, -0.25) is 9.59 Å². The monoisotopic (exact) mass is 247 g/mol. The number of ether oxygens (including phenoxy) is 1. The van der Waals surface area contributed by atoms with Gasteiger partial charge in [0.2, 0.25) is 5.91 Å². The molecule has 0 N–H and O–H groups in total. The SMILES string of the molecule is COC(=O)C1(C)CC(=O)N(Cc2ccccc2)C1. The van der Waals surface area contributed by atoms with Crippen molar-refractivity contribution in [2.75, 3.05) is 13.7 Å². The van der Waals surface area contributed by atoms with Crippen molar-refractivity contribution in [3.05, 3.63) is 35.9 Å². The third-order valence-electron chi connectivity index (χ3n) is 3.33. The number of nitrogens with zero attached hydrogens (tertiary/aromatic N) is 1. The molecule has 4 nitrogen and oxygen atoms in total. The summed E-state index contributed by atoms with van der Waals surface area (Å²) in [4.78, 5) is 25.3. The van der Waals surface area contributed by atoms with E-state index in [4.69, 9.17) is 4.74 Å². The van der Waals surface area contributed by atoms with Crippen LogP contribution in [0.25, 0.3) is 0 Å². The van der Waals surface area contributed by atoms with Gasteiger partial charge in [0, 0.05) is 19.5 Å². The molecule has 0 bridgehead atoms. The number of amides is 1. The Morgan fingerprint density at radius 1 is 1.39 bits per heavy atom. The number of hydrogen-bond donors (Lipinski definition) is 0. The van der Waals surface area contributed by atoms with E-state index < -0.39 is 5.41 Å². The second-order valence-corrected chi connectivity index (χ2v) is 4.96. The number of likely N-dealkylation sites (tertiary alicyclic amines) is 1. The zero-order chi connectivity index (χ0) is 13.2. The lowest BCUT2D eigenvalue weighted by Gasteiger charge is -2.21. The minimum Gasteiger partial charge on any atom is -0.469 e. The fraction of sp³-hybridized carbons (Fsp3) is 0.429. The van der Waals surface area contributed by atoms with E-state index in [0.29, 0.717) is 13.1 Å². The topological polar surface area (TPSA) is 46.6 Å². The standard InChI is InChI=1S/C14H17NO3/c1-14(13(17)18-2)8-12(16)15(10-14)9-11-6-4-3-5-7-11/h3-7H,8-10H2,1-2H3. The zero-order valence-corrected chi connectivity index (χ0v) is 10.7. The molecule has 1 fully saturated rings. The first-order valence-corrected chi connectivity index (χ1v) is 5.95. The van der Waals surface area contributed by atoms with Crippen molar-refractivity contribution < 1.29 is 14.3 Å². The van der Waals surface area contributed by atoms with Crippen LogP contribution in [0.1, 0.15) is 18.9 Å². The number of carbonyl (C=O) groups excluding carboxylic acids is 2. The minimum absolute atomic E-state index is 0.00625. The van der Waals surface area contributed by atoms with Gasteiger partial charge in [0.25, 0.3) is 0 Å². The summed E-state index contributed by atoms with van der Waals surface area (Å²) in [6.45, 7) is 2.75. The first kappa shape index (κ1) is 12.6. The van der Waals surface area contributed by atoms with Crippen molar-refractivity contribution in [3.8, 4) is 0 Å². The second-order valence-electron chi connectivity index (χ2n) is 4.96. The average molecular weight is 247 g/mol. The number of hydrogen-bond acceptors (Lipinski definition) is 3. The summed E-state index contributed by atoms with van der Waals surface area (Å²) in [5, 5.41) is 0. The Bertz CT molecular complexity index is 457. The van der Waals surface area contributed by atoms with Gasteiger partial charge in [0.1, 0.15) is 0 Å². The molecular formula is C14H17NO3. The maximum Gasteiger partial charge on any atom is 0.313 e. The molecule has 0 aliphatic carbocycles.